The van der Waals surface area contributed by atoms with Gasteiger partial charge in [-0.25, -0.2) is 0 Å². The summed E-state index contributed by atoms with van der Waals surface area (Å²) in [4.78, 5) is 14.4. The molecule has 4 heteroatoms. The lowest BCUT2D eigenvalue weighted by Crippen LogP contribution is -2.34. The van der Waals surface area contributed by atoms with Crippen molar-refractivity contribution in [1.29, 1.82) is 0 Å². The van der Waals surface area contributed by atoms with E-state index in [0.29, 0.717) is 12.3 Å². The van der Waals surface area contributed by atoms with Gasteiger partial charge in [0.15, 0.2) is 6.29 Å². The molecule has 0 aromatic carbocycles. The Morgan fingerprint density at radius 1 is 1.64 bits per heavy atom. The molecule has 74 valence electrons. The van der Waals surface area contributed by atoms with E-state index in [1.165, 1.54) is 0 Å². The van der Waals surface area contributed by atoms with E-state index < -0.39 is 0 Å². The number of nitrogens with zero attached hydrogens (tertiary/aromatic N) is 1. The van der Waals surface area contributed by atoms with Crippen molar-refractivity contribution in [1.82, 2.24) is 10.3 Å². The molecular weight excluding hydrogens is 180 g/mol. The molecule has 1 N–H and O–H groups in total. The number of nitrogens with one attached hydrogen (secondary N) is 1. The highest BCUT2D eigenvalue weighted by Gasteiger charge is 2.15. The van der Waals surface area contributed by atoms with Gasteiger partial charge < -0.3 is 10.1 Å². The Kier molecular flexibility index (Phi) is 2.86. The van der Waals surface area contributed by atoms with E-state index in [4.69, 9.17) is 4.74 Å². The molecule has 1 aromatic heterocycles. The molecular formula is C10H12N2O2. The van der Waals surface area contributed by atoms with Gasteiger partial charge in [-0.1, -0.05) is 0 Å². The van der Waals surface area contributed by atoms with Gasteiger partial charge >= 0.3 is 0 Å². The standard InChI is InChI=1S/C10H12N2O2/c13-6-9-5-8(1-2-11-9)10-7-14-4-3-12-10/h1-2,5-6,10,12H,3-4,7H2. The van der Waals surface area contributed by atoms with Gasteiger partial charge in [0.1, 0.15) is 5.69 Å². The van der Waals surface area contributed by atoms with Gasteiger partial charge in [-0.3, -0.25) is 9.78 Å². The topological polar surface area (TPSA) is 51.2 Å². The van der Waals surface area contributed by atoms with Crippen molar-refractivity contribution in [2.24, 2.45) is 0 Å². The Balaban J connectivity index is 2.17. The first-order valence-electron chi connectivity index (χ1n) is 4.62. The SMILES string of the molecule is O=Cc1cc(C2COCCN2)ccn1. The van der Waals surface area contributed by atoms with Crippen molar-refractivity contribution in [3.8, 4) is 0 Å². The van der Waals surface area contributed by atoms with Crippen LogP contribution in [0.4, 0.5) is 0 Å². The van der Waals surface area contributed by atoms with Crippen molar-refractivity contribution in [3.05, 3.63) is 29.6 Å². The van der Waals surface area contributed by atoms with Gasteiger partial charge in [0, 0.05) is 12.7 Å². The quantitative estimate of drug-likeness (QED) is 0.695. The second-order valence-corrected chi connectivity index (χ2v) is 3.21. The van der Waals surface area contributed by atoms with Crippen LogP contribution in [0.3, 0.4) is 0 Å². The summed E-state index contributed by atoms with van der Waals surface area (Å²) >= 11 is 0. The third-order valence-electron chi connectivity index (χ3n) is 2.25. The minimum absolute atomic E-state index is 0.186. The maximum atomic E-state index is 10.5. The fraction of sp³-hybridized carbons (Fsp3) is 0.400. The van der Waals surface area contributed by atoms with Gasteiger partial charge in [-0.05, 0) is 17.7 Å². The zero-order valence-corrected chi connectivity index (χ0v) is 7.77. The number of aldehydes is 1. The first-order valence-corrected chi connectivity index (χ1v) is 4.62. The summed E-state index contributed by atoms with van der Waals surface area (Å²) in [5, 5.41) is 3.32. The molecule has 0 radical (unpaired) electrons. The van der Waals surface area contributed by atoms with E-state index in [9.17, 15) is 4.79 Å². The summed E-state index contributed by atoms with van der Waals surface area (Å²) in [7, 11) is 0. The normalized spacial score (nSPS) is 21.9. The maximum Gasteiger partial charge on any atom is 0.168 e. The minimum atomic E-state index is 0.186. The van der Waals surface area contributed by atoms with E-state index in [1.54, 1.807) is 12.3 Å². The van der Waals surface area contributed by atoms with Gasteiger partial charge in [0.05, 0.1) is 19.3 Å². The third-order valence-corrected chi connectivity index (χ3v) is 2.25. The molecule has 1 fully saturated rings. The van der Waals surface area contributed by atoms with Crippen LogP contribution in [-0.2, 0) is 4.74 Å². The maximum absolute atomic E-state index is 10.5. The van der Waals surface area contributed by atoms with Gasteiger partial charge in [-0.2, -0.15) is 0 Å². The van der Waals surface area contributed by atoms with Crippen molar-refractivity contribution >= 4 is 6.29 Å². The second kappa shape index (κ2) is 4.30. The van der Waals surface area contributed by atoms with Crippen molar-refractivity contribution in [2.45, 2.75) is 6.04 Å². The number of carbonyl (C=O) groups is 1. The Morgan fingerprint density at radius 2 is 2.57 bits per heavy atom. The molecule has 4 nitrogen and oxygen atoms in total. The number of carbonyl (C=O) groups excluding carboxylic acids is 1. The first kappa shape index (κ1) is 9.30. The molecule has 0 saturated carbocycles. The molecule has 1 aliphatic rings. The Labute approximate surface area is 82.3 Å². The Morgan fingerprint density at radius 3 is 3.29 bits per heavy atom. The summed E-state index contributed by atoms with van der Waals surface area (Å²) in [6.45, 7) is 2.26. The summed E-state index contributed by atoms with van der Waals surface area (Å²) in [6, 6.07) is 3.88. The molecule has 14 heavy (non-hydrogen) atoms. The summed E-state index contributed by atoms with van der Waals surface area (Å²) in [5.74, 6) is 0. The molecule has 0 spiro atoms. The average Bonchev–Trinajstić information content (AvgIpc) is 2.30. The highest BCUT2D eigenvalue weighted by atomic mass is 16.5. The van der Waals surface area contributed by atoms with Crippen molar-refractivity contribution in [2.75, 3.05) is 19.8 Å². The van der Waals surface area contributed by atoms with Crippen LogP contribution in [0.1, 0.15) is 22.1 Å². The summed E-state index contributed by atoms with van der Waals surface area (Å²) in [6.07, 6.45) is 2.41. The molecule has 0 aliphatic carbocycles. The zero-order valence-electron chi connectivity index (χ0n) is 7.77. The highest BCUT2D eigenvalue weighted by molar-refractivity contribution is 5.71. The zero-order chi connectivity index (χ0) is 9.80. The van der Waals surface area contributed by atoms with E-state index >= 15 is 0 Å². The highest BCUT2D eigenvalue weighted by Crippen LogP contribution is 2.15. The van der Waals surface area contributed by atoms with Crippen LogP contribution in [0.2, 0.25) is 0 Å². The second-order valence-electron chi connectivity index (χ2n) is 3.21. The average molecular weight is 192 g/mol. The molecule has 1 atom stereocenters. The van der Waals surface area contributed by atoms with Crippen molar-refractivity contribution in [3.63, 3.8) is 0 Å². The third kappa shape index (κ3) is 1.97. The predicted octanol–water partition coefficient (Wildman–Crippen LogP) is 0.555. The molecule has 2 rings (SSSR count). The number of ether oxygens (including phenoxy) is 1. The Bertz CT molecular complexity index is 322. The van der Waals surface area contributed by atoms with Gasteiger partial charge in [-0.15, -0.1) is 0 Å². The fourth-order valence-electron chi connectivity index (χ4n) is 1.53. The van der Waals surface area contributed by atoms with Crippen LogP contribution in [-0.4, -0.2) is 31.0 Å². The van der Waals surface area contributed by atoms with Crippen LogP contribution in [0.5, 0.6) is 0 Å². The molecule has 0 bridgehead atoms. The Hall–Kier alpha value is -1.26. The molecule has 1 saturated heterocycles. The number of hydrogen-bond donors (Lipinski definition) is 1. The van der Waals surface area contributed by atoms with Crippen LogP contribution in [0.25, 0.3) is 0 Å². The minimum Gasteiger partial charge on any atom is -0.378 e. The number of morpholine rings is 1. The van der Waals surface area contributed by atoms with Crippen LogP contribution in [0, 0.1) is 0 Å². The fourth-order valence-corrected chi connectivity index (χ4v) is 1.53. The van der Waals surface area contributed by atoms with E-state index in [2.05, 4.69) is 10.3 Å². The van der Waals surface area contributed by atoms with Gasteiger partial charge in [0.25, 0.3) is 0 Å². The lowest BCUT2D eigenvalue weighted by atomic mass is 10.1. The number of hydrogen-bond acceptors (Lipinski definition) is 4. The largest absolute Gasteiger partial charge is 0.378 e. The molecule has 2 heterocycles. The van der Waals surface area contributed by atoms with Crippen LogP contribution < -0.4 is 5.32 Å². The van der Waals surface area contributed by atoms with E-state index in [-0.39, 0.29) is 6.04 Å². The molecule has 1 aromatic rings. The lowest BCUT2D eigenvalue weighted by molar-refractivity contribution is 0.0768. The number of pyridine rings is 1. The lowest BCUT2D eigenvalue weighted by Gasteiger charge is -2.24. The number of aromatic nitrogens is 1. The predicted molar refractivity (Wildman–Crippen MR) is 51.2 cm³/mol. The summed E-state index contributed by atoms with van der Waals surface area (Å²) in [5.41, 5.74) is 1.52. The molecule has 0 amide bonds. The van der Waals surface area contributed by atoms with Gasteiger partial charge in [0.2, 0.25) is 0 Å². The van der Waals surface area contributed by atoms with Crippen molar-refractivity contribution < 1.29 is 9.53 Å². The first-order chi connectivity index (χ1) is 6.90. The smallest absolute Gasteiger partial charge is 0.168 e. The van der Waals surface area contributed by atoms with E-state index in [0.717, 1.165) is 25.0 Å². The van der Waals surface area contributed by atoms with Crippen LogP contribution >= 0.6 is 0 Å². The van der Waals surface area contributed by atoms with Crippen LogP contribution in [0.15, 0.2) is 18.3 Å². The summed E-state index contributed by atoms with van der Waals surface area (Å²) < 4.78 is 5.34. The molecule has 1 aliphatic heterocycles. The monoisotopic (exact) mass is 192 g/mol. The van der Waals surface area contributed by atoms with E-state index in [1.807, 2.05) is 6.07 Å². The number of rotatable bonds is 2. The molecule has 1 unspecified atom stereocenters.